The van der Waals surface area contributed by atoms with Crippen LogP contribution in [0.4, 0.5) is 0 Å². The van der Waals surface area contributed by atoms with Crippen molar-refractivity contribution in [1.29, 1.82) is 0 Å². The van der Waals surface area contributed by atoms with Crippen LogP contribution in [0, 0.1) is 0 Å². The van der Waals surface area contributed by atoms with E-state index < -0.39 is 5.91 Å². The molecule has 0 bridgehead atoms. The molecule has 0 aliphatic heterocycles. The molecule has 1 aromatic heterocycles. The van der Waals surface area contributed by atoms with Crippen LogP contribution >= 0.6 is 0 Å². The summed E-state index contributed by atoms with van der Waals surface area (Å²) >= 11 is 0. The van der Waals surface area contributed by atoms with Crippen molar-refractivity contribution >= 4 is 16.8 Å². The molecule has 18 heavy (non-hydrogen) atoms. The highest BCUT2D eigenvalue weighted by Gasteiger charge is 2.03. The Labute approximate surface area is 102 Å². The highest BCUT2D eigenvalue weighted by atomic mass is 16.6. The second-order valence-corrected chi connectivity index (χ2v) is 3.61. The number of nitrogens with zero attached hydrogens (tertiary/aromatic N) is 1. The smallest absolute Gasteiger partial charge is 0.258 e. The van der Waals surface area contributed by atoms with Crippen LogP contribution in [0.2, 0.25) is 0 Å². The summed E-state index contributed by atoms with van der Waals surface area (Å²) in [4.78, 5) is 33.7. The number of benzene rings is 1. The Morgan fingerprint density at radius 3 is 3.00 bits per heavy atom. The van der Waals surface area contributed by atoms with Crippen LogP contribution in [0.1, 0.15) is 5.82 Å². The summed E-state index contributed by atoms with van der Waals surface area (Å²) in [5, 5.41) is 0.527. The summed E-state index contributed by atoms with van der Waals surface area (Å²) in [7, 11) is 0. The standard InChI is InChI=1S/C11H12N4O3/c12-9(16)6-18-13-5-10-14-8-4-2-1-3-7(8)11(17)15-10/h1-4,13H,5-6H2,(H2,12,16)(H,14,15,17). The molecule has 0 spiro atoms. The number of fused-ring (bicyclic) bond motifs is 1. The zero-order chi connectivity index (χ0) is 13.0. The number of amides is 1. The maximum Gasteiger partial charge on any atom is 0.258 e. The van der Waals surface area contributed by atoms with Gasteiger partial charge in [0.2, 0.25) is 5.91 Å². The third-order valence-electron chi connectivity index (χ3n) is 2.22. The third kappa shape index (κ3) is 2.90. The van der Waals surface area contributed by atoms with Crippen LogP contribution in [0.15, 0.2) is 29.1 Å². The maximum absolute atomic E-state index is 11.7. The Morgan fingerprint density at radius 2 is 2.22 bits per heavy atom. The number of aromatic amines is 1. The number of rotatable bonds is 5. The molecule has 0 saturated heterocycles. The number of H-pyrrole nitrogens is 1. The predicted molar refractivity (Wildman–Crippen MR) is 64.3 cm³/mol. The number of hydrogen-bond acceptors (Lipinski definition) is 5. The lowest BCUT2D eigenvalue weighted by atomic mass is 10.2. The van der Waals surface area contributed by atoms with Crippen molar-refractivity contribution in [3.63, 3.8) is 0 Å². The Hall–Kier alpha value is -2.25. The summed E-state index contributed by atoms with van der Waals surface area (Å²) < 4.78 is 0. The van der Waals surface area contributed by atoms with Gasteiger partial charge in [0.05, 0.1) is 17.4 Å². The molecule has 94 valence electrons. The van der Waals surface area contributed by atoms with Gasteiger partial charge < -0.3 is 10.7 Å². The zero-order valence-electron chi connectivity index (χ0n) is 9.47. The minimum absolute atomic E-state index is 0.174. The van der Waals surface area contributed by atoms with E-state index in [4.69, 9.17) is 10.6 Å². The van der Waals surface area contributed by atoms with Gasteiger partial charge in [0.15, 0.2) is 0 Å². The summed E-state index contributed by atoms with van der Waals surface area (Å²) in [6.07, 6.45) is 0. The van der Waals surface area contributed by atoms with Crippen molar-refractivity contribution in [2.24, 2.45) is 5.73 Å². The Morgan fingerprint density at radius 1 is 1.44 bits per heavy atom. The van der Waals surface area contributed by atoms with Gasteiger partial charge in [0.1, 0.15) is 12.4 Å². The normalized spacial score (nSPS) is 10.7. The first-order chi connectivity index (χ1) is 8.66. The predicted octanol–water partition coefficient (Wildman–Crippen LogP) is -0.570. The fraction of sp³-hybridized carbons (Fsp3) is 0.182. The highest BCUT2D eigenvalue weighted by Crippen LogP contribution is 2.05. The molecule has 1 aromatic carbocycles. The molecule has 0 aliphatic rings. The van der Waals surface area contributed by atoms with Crippen LogP contribution in [0.3, 0.4) is 0 Å². The van der Waals surface area contributed by atoms with Gasteiger partial charge in [0.25, 0.3) is 5.56 Å². The van der Waals surface area contributed by atoms with E-state index in [-0.39, 0.29) is 18.7 Å². The molecule has 4 N–H and O–H groups in total. The van der Waals surface area contributed by atoms with Crippen molar-refractivity contribution in [1.82, 2.24) is 15.4 Å². The number of carbonyl (C=O) groups excluding carboxylic acids is 1. The Kier molecular flexibility index (Phi) is 3.66. The first kappa shape index (κ1) is 12.2. The number of hydrogen-bond donors (Lipinski definition) is 3. The van der Waals surface area contributed by atoms with Crippen LogP contribution in [0.25, 0.3) is 10.9 Å². The van der Waals surface area contributed by atoms with Gasteiger partial charge in [-0.05, 0) is 12.1 Å². The van der Waals surface area contributed by atoms with E-state index in [1.807, 2.05) is 0 Å². The van der Waals surface area contributed by atoms with Gasteiger partial charge in [-0.1, -0.05) is 12.1 Å². The van der Waals surface area contributed by atoms with Gasteiger partial charge in [-0.3, -0.25) is 14.4 Å². The Bertz CT molecular complexity index is 623. The molecule has 0 radical (unpaired) electrons. The summed E-state index contributed by atoms with van der Waals surface area (Å²) in [5.41, 5.74) is 7.77. The second kappa shape index (κ2) is 5.39. The molecule has 2 rings (SSSR count). The molecule has 0 atom stereocenters. The van der Waals surface area contributed by atoms with Crippen molar-refractivity contribution < 1.29 is 9.63 Å². The van der Waals surface area contributed by atoms with Gasteiger partial charge in [0, 0.05) is 0 Å². The number of aromatic nitrogens is 2. The zero-order valence-corrected chi connectivity index (χ0v) is 9.47. The van der Waals surface area contributed by atoms with E-state index in [0.29, 0.717) is 16.7 Å². The van der Waals surface area contributed by atoms with E-state index >= 15 is 0 Å². The SMILES string of the molecule is NC(=O)CONCc1nc2ccccc2c(=O)[nH]1. The summed E-state index contributed by atoms with van der Waals surface area (Å²) in [6.45, 7) is -0.0643. The molecule has 7 heteroatoms. The van der Waals surface area contributed by atoms with Crippen LogP contribution in [-0.2, 0) is 16.2 Å². The van der Waals surface area contributed by atoms with E-state index in [1.165, 1.54) is 0 Å². The van der Waals surface area contributed by atoms with Crippen molar-refractivity contribution in [2.45, 2.75) is 6.54 Å². The summed E-state index contributed by atoms with van der Waals surface area (Å²) in [6, 6.07) is 7.02. The molecular formula is C11H12N4O3. The van der Waals surface area contributed by atoms with E-state index in [9.17, 15) is 9.59 Å². The van der Waals surface area contributed by atoms with Crippen molar-refractivity contribution in [3.8, 4) is 0 Å². The minimum Gasteiger partial charge on any atom is -0.368 e. The molecular weight excluding hydrogens is 236 g/mol. The quantitative estimate of drug-likeness (QED) is 0.485. The minimum atomic E-state index is -0.581. The lowest BCUT2D eigenvalue weighted by Gasteiger charge is -2.04. The van der Waals surface area contributed by atoms with Gasteiger partial charge in [-0.25, -0.2) is 4.98 Å². The number of primary amides is 1. The fourth-order valence-corrected chi connectivity index (χ4v) is 1.46. The van der Waals surface area contributed by atoms with E-state index in [2.05, 4.69) is 15.4 Å². The van der Waals surface area contributed by atoms with Crippen LogP contribution in [-0.4, -0.2) is 22.5 Å². The molecule has 1 amide bonds. The average molecular weight is 248 g/mol. The Balaban J connectivity index is 2.10. The lowest BCUT2D eigenvalue weighted by Crippen LogP contribution is -2.26. The fourth-order valence-electron chi connectivity index (χ4n) is 1.46. The number of nitrogens with two attached hydrogens (primary N) is 1. The van der Waals surface area contributed by atoms with E-state index in [0.717, 1.165) is 0 Å². The second-order valence-electron chi connectivity index (χ2n) is 3.61. The largest absolute Gasteiger partial charge is 0.368 e. The van der Waals surface area contributed by atoms with Crippen molar-refractivity contribution in [2.75, 3.05) is 6.61 Å². The molecule has 0 aliphatic carbocycles. The summed E-state index contributed by atoms with van der Waals surface area (Å²) in [5.74, 6) is -0.161. The molecule has 0 saturated carbocycles. The van der Waals surface area contributed by atoms with Crippen LogP contribution in [0.5, 0.6) is 0 Å². The van der Waals surface area contributed by atoms with Crippen LogP contribution < -0.4 is 16.8 Å². The van der Waals surface area contributed by atoms with Gasteiger partial charge >= 0.3 is 0 Å². The maximum atomic E-state index is 11.7. The molecule has 0 unspecified atom stereocenters. The first-order valence-corrected chi connectivity index (χ1v) is 5.27. The van der Waals surface area contributed by atoms with E-state index in [1.54, 1.807) is 24.3 Å². The number of nitrogens with one attached hydrogen (secondary N) is 2. The topological polar surface area (TPSA) is 110 Å². The molecule has 7 nitrogen and oxygen atoms in total. The molecule has 2 aromatic rings. The average Bonchev–Trinajstić information content (AvgIpc) is 2.35. The highest BCUT2D eigenvalue weighted by molar-refractivity contribution is 5.77. The number of para-hydroxylation sites is 1. The molecule has 0 fully saturated rings. The van der Waals surface area contributed by atoms with Gasteiger partial charge in [-0.15, -0.1) is 0 Å². The lowest BCUT2D eigenvalue weighted by molar-refractivity contribution is -0.125. The number of carbonyl (C=O) groups is 1. The van der Waals surface area contributed by atoms with Gasteiger partial charge in [-0.2, -0.15) is 5.48 Å². The third-order valence-corrected chi connectivity index (χ3v) is 2.22. The number of hydroxylamine groups is 1. The first-order valence-electron chi connectivity index (χ1n) is 5.27. The van der Waals surface area contributed by atoms with Crippen molar-refractivity contribution in [3.05, 3.63) is 40.4 Å². The monoisotopic (exact) mass is 248 g/mol. The molecule has 1 heterocycles.